The Morgan fingerprint density at radius 3 is 2.77 bits per heavy atom. The van der Waals surface area contributed by atoms with Crippen LogP contribution in [0.25, 0.3) is 22.2 Å². The van der Waals surface area contributed by atoms with Crippen LogP contribution < -0.4 is 10.4 Å². The van der Waals surface area contributed by atoms with Crippen LogP contribution in [-0.4, -0.2) is 35.2 Å². The molecule has 0 aliphatic carbocycles. The van der Waals surface area contributed by atoms with Gasteiger partial charge in [0.2, 0.25) is 0 Å². The zero-order valence-electron chi connectivity index (χ0n) is 16.9. The van der Waals surface area contributed by atoms with Gasteiger partial charge in [-0.15, -0.1) is 0 Å². The predicted octanol–water partition coefficient (Wildman–Crippen LogP) is 4.05. The molecule has 1 atom stereocenters. The average Bonchev–Trinajstić information content (AvgIpc) is 3.40. The summed E-state index contributed by atoms with van der Waals surface area (Å²) < 4.78 is 16.4. The van der Waals surface area contributed by atoms with E-state index in [-0.39, 0.29) is 12.0 Å². The van der Waals surface area contributed by atoms with Crippen LogP contribution in [0.2, 0.25) is 0 Å². The first-order valence-corrected chi connectivity index (χ1v) is 10.1. The molecule has 7 heteroatoms. The van der Waals surface area contributed by atoms with Crippen molar-refractivity contribution in [3.05, 3.63) is 82.4 Å². The topological polar surface area (TPSA) is 85.8 Å². The lowest BCUT2D eigenvalue weighted by molar-refractivity contribution is 0.0772. The molecule has 0 N–H and O–H groups in total. The van der Waals surface area contributed by atoms with Gasteiger partial charge >= 0.3 is 5.63 Å². The van der Waals surface area contributed by atoms with Gasteiger partial charge in [-0.05, 0) is 25.1 Å². The van der Waals surface area contributed by atoms with E-state index in [1.165, 1.54) is 6.07 Å². The Balaban J connectivity index is 1.35. The Hall–Kier alpha value is -3.87. The second kappa shape index (κ2) is 7.75. The number of ether oxygens (including phenoxy) is 1. The zero-order chi connectivity index (χ0) is 21.4. The Morgan fingerprint density at radius 2 is 1.97 bits per heavy atom. The van der Waals surface area contributed by atoms with E-state index in [2.05, 4.69) is 5.16 Å². The number of rotatable bonds is 4. The molecule has 1 fully saturated rings. The molecule has 0 unspecified atom stereocenters. The van der Waals surface area contributed by atoms with Gasteiger partial charge in [0.15, 0.2) is 5.76 Å². The number of likely N-dealkylation sites (tertiary alicyclic amines) is 1. The van der Waals surface area contributed by atoms with Crippen LogP contribution in [-0.2, 0) is 0 Å². The zero-order valence-corrected chi connectivity index (χ0v) is 16.9. The highest BCUT2D eigenvalue weighted by Gasteiger charge is 2.29. The molecule has 0 saturated carbocycles. The number of nitrogens with zero attached hydrogens (tertiary/aromatic N) is 2. The minimum absolute atomic E-state index is 0.0723. The second-order valence-electron chi connectivity index (χ2n) is 7.61. The Bertz CT molecular complexity index is 1310. The molecule has 1 aliphatic rings. The van der Waals surface area contributed by atoms with Crippen molar-refractivity contribution >= 4 is 16.8 Å². The molecule has 31 heavy (non-hydrogen) atoms. The number of carbonyl (C=O) groups excluding carboxylic acids is 1. The summed E-state index contributed by atoms with van der Waals surface area (Å²) in [5.74, 6) is 1.53. The highest BCUT2D eigenvalue weighted by Crippen LogP contribution is 2.30. The number of amides is 1. The largest absolute Gasteiger partial charge is 0.488 e. The van der Waals surface area contributed by atoms with Crippen molar-refractivity contribution in [1.29, 1.82) is 0 Å². The molecular formula is C24H20N2O5. The lowest BCUT2D eigenvalue weighted by atomic mass is 10.1. The summed E-state index contributed by atoms with van der Waals surface area (Å²) in [5.41, 5.74) is 1.74. The van der Waals surface area contributed by atoms with Crippen LogP contribution >= 0.6 is 0 Å². The van der Waals surface area contributed by atoms with Gasteiger partial charge in [0, 0.05) is 30.2 Å². The molecule has 0 spiro atoms. The molecule has 0 bridgehead atoms. The van der Waals surface area contributed by atoms with E-state index in [0.717, 1.165) is 10.9 Å². The van der Waals surface area contributed by atoms with Gasteiger partial charge in [-0.2, -0.15) is 0 Å². The summed E-state index contributed by atoms with van der Waals surface area (Å²) in [4.78, 5) is 26.4. The van der Waals surface area contributed by atoms with Crippen LogP contribution in [0.4, 0.5) is 0 Å². The molecule has 2 aromatic carbocycles. The lowest BCUT2D eigenvalue weighted by Crippen LogP contribution is -2.31. The van der Waals surface area contributed by atoms with Crippen LogP contribution in [0.5, 0.6) is 5.75 Å². The average molecular weight is 416 g/mol. The highest BCUT2D eigenvalue weighted by atomic mass is 16.5. The van der Waals surface area contributed by atoms with Crippen molar-refractivity contribution in [1.82, 2.24) is 10.1 Å². The highest BCUT2D eigenvalue weighted by molar-refractivity contribution is 6.01. The van der Waals surface area contributed by atoms with Gasteiger partial charge in [0.05, 0.1) is 18.0 Å². The predicted molar refractivity (Wildman–Crippen MR) is 114 cm³/mol. The standard InChI is InChI=1S/C24H20N2O5/c1-15-11-19(13-22(27)29-15)30-18-9-10-26(14-18)24(28)17-7-8-21-20(12-17)23(31-25-21)16-5-3-2-4-6-16/h2-8,11-13,18H,9-10,14H2,1H3/t18-/m0/s1. The monoisotopic (exact) mass is 416 g/mol. The van der Waals surface area contributed by atoms with Gasteiger partial charge in [-0.25, -0.2) is 4.79 Å². The number of aromatic nitrogens is 1. The van der Waals surface area contributed by atoms with E-state index < -0.39 is 5.63 Å². The third kappa shape index (κ3) is 3.82. The minimum Gasteiger partial charge on any atom is -0.488 e. The molecular weight excluding hydrogens is 396 g/mol. The van der Waals surface area contributed by atoms with Gasteiger partial charge in [0.1, 0.15) is 23.1 Å². The number of aryl methyl sites for hydroxylation is 1. The molecule has 4 aromatic rings. The van der Waals surface area contributed by atoms with Crippen molar-refractivity contribution in [2.75, 3.05) is 13.1 Å². The normalized spacial score (nSPS) is 16.0. The Morgan fingerprint density at radius 1 is 1.13 bits per heavy atom. The molecule has 7 nitrogen and oxygen atoms in total. The summed E-state index contributed by atoms with van der Waals surface area (Å²) in [6.07, 6.45) is 0.514. The smallest absolute Gasteiger partial charge is 0.339 e. The summed E-state index contributed by atoms with van der Waals surface area (Å²) in [6.45, 7) is 2.73. The van der Waals surface area contributed by atoms with E-state index in [1.807, 2.05) is 36.4 Å². The maximum Gasteiger partial charge on any atom is 0.339 e. The van der Waals surface area contributed by atoms with E-state index in [0.29, 0.717) is 47.9 Å². The molecule has 2 aromatic heterocycles. The quantitative estimate of drug-likeness (QED) is 0.499. The number of hydrogen-bond donors (Lipinski definition) is 0. The van der Waals surface area contributed by atoms with E-state index >= 15 is 0 Å². The van der Waals surface area contributed by atoms with Crippen molar-refractivity contribution < 1.29 is 18.5 Å². The molecule has 1 saturated heterocycles. The molecule has 5 rings (SSSR count). The van der Waals surface area contributed by atoms with Crippen LogP contribution in [0, 0.1) is 6.92 Å². The maximum atomic E-state index is 13.1. The van der Waals surface area contributed by atoms with Crippen molar-refractivity contribution in [3.63, 3.8) is 0 Å². The molecule has 1 aliphatic heterocycles. The SMILES string of the molecule is Cc1cc(O[C@H]2CCN(C(=O)c3ccc4noc(-c5ccccc5)c4c3)C2)cc(=O)o1. The minimum atomic E-state index is -0.447. The van der Waals surface area contributed by atoms with Crippen LogP contribution in [0.1, 0.15) is 22.5 Å². The first-order chi connectivity index (χ1) is 15.1. The lowest BCUT2D eigenvalue weighted by Gasteiger charge is -2.17. The fraction of sp³-hybridized carbons (Fsp3) is 0.208. The summed E-state index contributed by atoms with van der Waals surface area (Å²) in [7, 11) is 0. The third-order valence-corrected chi connectivity index (χ3v) is 5.36. The van der Waals surface area contributed by atoms with Gasteiger partial charge in [-0.1, -0.05) is 35.5 Å². The fourth-order valence-electron chi connectivity index (χ4n) is 3.90. The van der Waals surface area contributed by atoms with E-state index in [9.17, 15) is 9.59 Å². The molecule has 3 heterocycles. The Kier molecular flexibility index (Phi) is 4.78. The number of benzene rings is 2. The summed E-state index contributed by atoms with van der Waals surface area (Å²) >= 11 is 0. The van der Waals surface area contributed by atoms with E-state index in [1.54, 1.807) is 30.0 Å². The first-order valence-electron chi connectivity index (χ1n) is 10.1. The first kappa shape index (κ1) is 19.1. The van der Waals surface area contributed by atoms with Crippen LogP contribution in [0.15, 0.2) is 74.4 Å². The molecule has 1 amide bonds. The number of fused-ring (bicyclic) bond motifs is 1. The summed E-state index contributed by atoms with van der Waals surface area (Å²) in [5, 5.41) is 4.91. The number of carbonyl (C=O) groups is 1. The maximum absolute atomic E-state index is 13.1. The molecule has 156 valence electrons. The molecule has 0 radical (unpaired) electrons. The van der Waals surface area contributed by atoms with Gasteiger partial charge in [-0.3, -0.25) is 4.79 Å². The van der Waals surface area contributed by atoms with Gasteiger partial charge in [0.25, 0.3) is 5.91 Å². The van der Waals surface area contributed by atoms with Crippen molar-refractivity contribution in [2.24, 2.45) is 0 Å². The third-order valence-electron chi connectivity index (χ3n) is 5.36. The van der Waals surface area contributed by atoms with Gasteiger partial charge < -0.3 is 18.6 Å². The van der Waals surface area contributed by atoms with E-state index in [4.69, 9.17) is 13.7 Å². The second-order valence-corrected chi connectivity index (χ2v) is 7.61. The fourth-order valence-corrected chi connectivity index (χ4v) is 3.90. The number of hydrogen-bond acceptors (Lipinski definition) is 6. The van der Waals surface area contributed by atoms with Crippen molar-refractivity contribution in [2.45, 2.75) is 19.4 Å². The van der Waals surface area contributed by atoms with Crippen LogP contribution in [0.3, 0.4) is 0 Å². The Labute approximate surface area is 177 Å². The van der Waals surface area contributed by atoms with Crippen molar-refractivity contribution in [3.8, 4) is 17.1 Å². The summed E-state index contributed by atoms with van der Waals surface area (Å²) in [6, 6.07) is 18.1.